The fourth-order valence-corrected chi connectivity index (χ4v) is 1.89. The van der Waals surface area contributed by atoms with E-state index in [1.54, 1.807) is 0 Å². The molecule has 1 saturated heterocycles. The molecule has 1 fully saturated rings. The van der Waals surface area contributed by atoms with Crippen LogP contribution in [0, 0.1) is 17.5 Å². The molecule has 0 unspecified atom stereocenters. The number of amides is 1. The molecule has 0 saturated carbocycles. The third-order valence-electron chi connectivity index (χ3n) is 2.88. The van der Waals surface area contributed by atoms with Gasteiger partial charge >= 0.3 is 0 Å². The SMILES string of the molecule is N[C@@H]1CCN(C(=O)c2cc(F)c(F)c(O)c2F)C1. The van der Waals surface area contributed by atoms with Gasteiger partial charge in [0.15, 0.2) is 17.4 Å². The number of phenolic OH excluding ortho intramolecular Hbond substituents is 1. The Hall–Kier alpha value is -1.76. The monoisotopic (exact) mass is 260 g/mol. The lowest BCUT2D eigenvalue weighted by molar-refractivity contribution is 0.0784. The van der Waals surface area contributed by atoms with Gasteiger partial charge in [-0.25, -0.2) is 8.78 Å². The van der Waals surface area contributed by atoms with E-state index in [1.807, 2.05) is 0 Å². The summed E-state index contributed by atoms with van der Waals surface area (Å²) in [6.45, 7) is 0.539. The number of carbonyl (C=O) groups excluding carboxylic acids is 1. The van der Waals surface area contributed by atoms with E-state index < -0.39 is 34.7 Å². The molecular weight excluding hydrogens is 249 g/mol. The van der Waals surface area contributed by atoms with Gasteiger partial charge in [0, 0.05) is 19.1 Å². The molecule has 0 radical (unpaired) electrons. The highest BCUT2D eigenvalue weighted by atomic mass is 19.2. The first-order chi connectivity index (χ1) is 8.41. The number of benzene rings is 1. The second-order valence-electron chi connectivity index (χ2n) is 4.18. The Balaban J connectivity index is 2.37. The van der Waals surface area contributed by atoms with Gasteiger partial charge in [-0.2, -0.15) is 4.39 Å². The van der Waals surface area contributed by atoms with Gasteiger partial charge in [-0.1, -0.05) is 0 Å². The topological polar surface area (TPSA) is 66.6 Å². The fourth-order valence-electron chi connectivity index (χ4n) is 1.89. The van der Waals surface area contributed by atoms with Gasteiger partial charge in [0.1, 0.15) is 0 Å². The third kappa shape index (κ3) is 2.01. The summed E-state index contributed by atoms with van der Waals surface area (Å²) in [4.78, 5) is 13.1. The number of nitrogens with zero attached hydrogens (tertiary/aromatic N) is 1. The first-order valence-electron chi connectivity index (χ1n) is 5.33. The first-order valence-corrected chi connectivity index (χ1v) is 5.33. The second-order valence-corrected chi connectivity index (χ2v) is 4.18. The van der Waals surface area contributed by atoms with E-state index in [-0.39, 0.29) is 12.6 Å². The quantitative estimate of drug-likeness (QED) is 0.740. The standard InChI is InChI=1S/C11H11F3N2O2/c12-7-3-6(8(13)10(17)9(7)14)11(18)16-2-1-5(15)4-16/h3,5,17H,1-2,4,15H2/t5-/m1/s1. The Morgan fingerprint density at radius 2 is 2.06 bits per heavy atom. The van der Waals surface area contributed by atoms with Crippen LogP contribution in [0.5, 0.6) is 5.75 Å². The molecule has 0 bridgehead atoms. The Morgan fingerprint density at radius 3 is 2.61 bits per heavy atom. The van der Waals surface area contributed by atoms with Crippen LogP contribution in [0.4, 0.5) is 13.2 Å². The van der Waals surface area contributed by atoms with E-state index in [4.69, 9.17) is 10.8 Å². The molecule has 1 aliphatic heterocycles. The molecule has 18 heavy (non-hydrogen) atoms. The van der Waals surface area contributed by atoms with Crippen LogP contribution in [0.3, 0.4) is 0 Å². The average molecular weight is 260 g/mol. The van der Waals surface area contributed by atoms with Gasteiger partial charge in [0.25, 0.3) is 5.91 Å². The van der Waals surface area contributed by atoms with E-state index in [9.17, 15) is 18.0 Å². The maximum Gasteiger partial charge on any atom is 0.257 e. The number of likely N-dealkylation sites (tertiary alicyclic amines) is 1. The van der Waals surface area contributed by atoms with Crippen LogP contribution >= 0.6 is 0 Å². The lowest BCUT2D eigenvalue weighted by Crippen LogP contribution is -2.32. The summed E-state index contributed by atoms with van der Waals surface area (Å²) in [5.41, 5.74) is 4.90. The molecule has 1 atom stereocenters. The van der Waals surface area contributed by atoms with Crippen molar-refractivity contribution in [2.45, 2.75) is 12.5 Å². The molecule has 1 aromatic rings. The molecule has 3 N–H and O–H groups in total. The van der Waals surface area contributed by atoms with Gasteiger partial charge in [-0.3, -0.25) is 4.79 Å². The molecule has 4 nitrogen and oxygen atoms in total. The van der Waals surface area contributed by atoms with E-state index in [0.29, 0.717) is 19.0 Å². The molecule has 1 aromatic carbocycles. The van der Waals surface area contributed by atoms with Crippen LogP contribution in [0.15, 0.2) is 6.07 Å². The number of phenols is 1. The molecule has 0 aliphatic carbocycles. The van der Waals surface area contributed by atoms with Crippen LogP contribution in [0.2, 0.25) is 0 Å². The fraction of sp³-hybridized carbons (Fsp3) is 0.364. The molecule has 1 heterocycles. The summed E-state index contributed by atoms with van der Waals surface area (Å²) >= 11 is 0. The van der Waals surface area contributed by atoms with Crippen molar-refractivity contribution in [1.29, 1.82) is 0 Å². The van der Waals surface area contributed by atoms with Crippen molar-refractivity contribution in [3.8, 4) is 5.75 Å². The van der Waals surface area contributed by atoms with E-state index in [0.717, 1.165) is 0 Å². The van der Waals surface area contributed by atoms with E-state index in [2.05, 4.69) is 0 Å². The maximum atomic E-state index is 13.5. The number of hydrogen-bond donors (Lipinski definition) is 2. The number of rotatable bonds is 1. The lowest BCUT2D eigenvalue weighted by Gasteiger charge is -2.16. The number of nitrogens with two attached hydrogens (primary N) is 1. The zero-order valence-electron chi connectivity index (χ0n) is 9.29. The van der Waals surface area contributed by atoms with E-state index >= 15 is 0 Å². The van der Waals surface area contributed by atoms with Gasteiger partial charge in [-0.15, -0.1) is 0 Å². The number of hydrogen-bond acceptors (Lipinski definition) is 3. The second kappa shape index (κ2) is 4.49. The first kappa shape index (κ1) is 12.7. The van der Waals surface area contributed by atoms with Gasteiger partial charge in [0.05, 0.1) is 5.56 Å². The van der Waals surface area contributed by atoms with Gasteiger partial charge < -0.3 is 15.7 Å². The normalized spacial score (nSPS) is 19.3. The molecule has 0 spiro atoms. The molecule has 1 amide bonds. The Morgan fingerprint density at radius 1 is 1.39 bits per heavy atom. The minimum absolute atomic E-state index is 0.212. The summed E-state index contributed by atoms with van der Waals surface area (Å²) in [5.74, 6) is -6.93. The summed E-state index contributed by atoms with van der Waals surface area (Å²) in [6, 6.07) is 0.229. The molecule has 2 rings (SSSR count). The van der Waals surface area contributed by atoms with Crippen LogP contribution in [-0.2, 0) is 0 Å². The van der Waals surface area contributed by atoms with Crippen LogP contribution in [-0.4, -0.2) is 35.0 Å². The van der Waals surface area contributed by atoms with Crippen molar-refractivity contribution in [3.05, 3.63) is 29.1 Å². The zero-order valence-corrected chi connectivity index (χ0v) is 9.29. The summed E-state index contributed by atoms with van der Waals surface area (Å²) in [5, 5.41) is 9.03. The summed E-state index contributed by atoms with van der Waals surface area (Å²) in [6.07, 6.45) is 0.559. The largest absolute Gasteiger partial charge is 0.503 e. The van der Waals surface area contributed by atoms with Crippen LogP contribution in [0.1, 0.15) is 16.8 Å². The van der Waals surface area contributed by atoms with Gasteiger partial charge in [0.2, 0.25) is 5.82 Å². The van der Waals surface area contributed by atoms with Crippen molar-refractivity contribution in [1.82, 2.24) is 4.90 Å². The smallest absolute Gasteiger partial charge is 0.257 e. The third-order valence-corrected chi connectivity index (χ3v) is 2.88. The maximum absolute atomic E-state index is 13.5. The van der Waals surface area contributed by atoms with Crippen molar-refractivity contribution in [2.75, 3.05) is 13.1 Å². The lowest BCUT2D eigenvalue weighted by atomic mass is 10.1. The molecule has 98 valence electrons. The summed E-state index contributed by atoms with van der Waals surface area (Å²) in [7, 11) is 0. The van der Waals surface area contributed by atoms with Crippen molar-refractivity contribution < 1.29 is 23.1 Å². The van der Waals surface area contributed by atoms with Gasteiger partial charge in [-0.05, 0) is 12.5 Å². The Labute approximate surface area is 101 Å². The number of halogens is 3. The minimum atomic E-state index is -1.71. The van der Waals surface area contributed by atoms with Crippen molar-refractivity contribution >= 4 is 5.91 Å². The van der Waals surface area contributed by atoms with E-state index in [1.165, 1.54) is 4.90 Å². The van der Waals surface area contributed by atoms with Crippen molar-refractivity contribution in [2.24, 2.45) is 5.73 Å². The molecule has 7 heteroatoms. The molecule has 0 aromatic heterocycles. The number of carbonyl (C=O) groups is 1. The summed E-state index contributed by atoms with van der Waals surface area (Å²) < 4.78 is 39.4. The van der Waals surface area contributed by atoms with Crippen molar-refractivity contribution in [3.63, 3.8) is 0 Å². The number of aromatic hydroxyl groups is 1. The van der Waals surface area contributed by atoms with Crippen LogP contribution in [0.25, 0.3) is 0 Å². The minimum Gasteiger partial charge on any atom is -0.503 e. The Bertz CT molecular complexity index is 508. The highest BCUT2D eigenvalue weighted by molar-refractivity contribution is 5.95. The predicted molar refractivity (Wildman–Crippen MR) is 56.5 cm³/mol. The highest BCUT2D eigenvalue weighted by Crippen LogP contribution is 2.27. The van der Waals surface area contributed by atoms with Crippen LogP contribution < -0.4 is 5.73 Å². The zero-order chi connectivity index (χ0) is 13.4. The average Bonchev–Trinajstić information content (AvgIpc) is 2.77. The Kier molecular flexibility index (Phi) is 3.16. The predicted octanol–water partition coefficient (Wildman–Crippen LogP) is 0.983. The highest BCUT2D eigenvalue weighted by Gasteiger charge is 2.29. The molecular formula is C11H11F3N2O2. The molecule has 1 aliphatic rings.